The molecule has 0 aromatic heterocycles. The van der Waals surface area contributed by atoms with Crippen molar-refractivity contribution in [3.05, 3.63) is 63.7 Å². The average molecular weight is 293 g/mol. The molecule has 0 heterocycles. The zero-order valence-corrected chi connectivity index (χ0v) is 10.8. The number of Topliss-reactive ketones (excluding diaryl/α,β-unsaturated/α-hetero) is 1. The summed E-state index contributed by atoms with van der Waals surface area (Å²) in [4.78, 5) is 21.5. The molecule has 0 unspecified atom stereocenters. The van der Waals surface area contributed by atoms with Crippen molar-refractivity contribution in [2.24, 2.45) is 0 Å². The molecule has 0 bridgehead atoms. The zero-order valence-electron chi connectivity index (χ0n) is 10.8. The molecule has 108 valence electrons. The van der Waals surface area contributed by atoms with Gasteiger partial charge in [-0.2, -0.15) is 0 Å². The highest BCUT2D eigenvalue weighted by atomic mass is 19.1. The molecule has 0 spiro atoms. The Morgan fingerprint density at radius 1 is 1.10 bits per heavy atom. The average Bonchev–Trinajstić information content (AvgIpc) is 2.42. The van der Waals surface area contributed by atoms with Gasteiger partial charge in [0.15, 0.2) is 5.78 Å². The maximum Gasteiger partial charge on any atom is 0.314 e. The third-order valence-electron chi connectivity index (χ3n) is 2.66. The number of rotatable bonds is 4. The topological polar surface area (TPSA) is 69.4 Å². The van der Waals surface area contributed by atoms with Crippen LogP contribution in [0.2, 0.25) is 0 Å². The number of nitro groups is 1. The van der Waals surface area contributed by atoms with Gasteiger partial charge in [0.25, 0.3) is 0 Å². The Labute approximate surface area is 117 Å². The highest BCUT2D eigenvalue weighted by Gasteiger charge is 2.19. The van der Waals surface area contributed by atoms with E-state index in [2.05, 4.69) is 0 Å². The van der Waals surface area contributed by atoms with E-state index in [-0.39, 0.29) is 17.1 Å². The van der Waals surface area contributed by atoms with Gasteiger partial charge in [-0.3, -0.25) is 14.9 Å². The van der Waals surface area contributed by atoms with Gasteiger partial charge in [0.1, 0.15) is 17.4 Å². The molecule has 0 aliphatic carbocycles. The fraction of sp³-hybridized carbons (Fsp3) is 0.0714. The summed E-state index contributed by atoms with van der Waals surface area (Å²) >= 11 is 0. The van der Waals surface area contributed by atoms with Gasteiger partial charge in [-0.1, -0.05) is 0 Å². The molecule has 0 radical (unpaired) electrons. The Kier molecular flexibility index (Phi) is 3.93. The largest absolute Gasteiger partial charge is 0.449 e. The minimum Gasteiger partial charge on any atom is -0.449 e. The van der Waals surface area contributed by atoms with Gasteiger partial charge in [-0.05, 0) is 37.3 Å². The summed E-state index contributed by atoms with van der Waals surface area (Å²) in [6.07, 6.45) is 0. The molecule has 0 N–H and O–H groups in total. The Morgan fingerprint density at radius 2 is 1.67 bits per heavy atom. The molecule has 0 saturated carbocycles. The molecular formula is C14H9F2NO4. The minimum atomic E-state index is -0.810. The lowest BCUT2D eigenvalue weighted by atomic mass is 10.1. The number of halogens is 2. The van der Waals surface area contributed by atoms with Crippen molar-refractivity contribution in [1.82, 2.24) is 0 Å². The van der Waals surface area contributed by atoms with Crippen LogP contribution in [0, 0.1) is 21.7 Å². The number of benzene rings is 2. The van der Waals surface area contributed by atoms with E-state index in [0.29, 0.717) is 6.07 Å². The number of carbonyl (C=O) groups excluding carboxylic acids is 1. The monoisotopic (exact) mass is 293 g/mol. The molecule has 0 fully saturated rings. The van der Waals surface area contributed by atoms with Crippen molar-refractivity contribution in [2.75, 3.05) is 0 Å². The number of nitro benzene ring substituents is 1. The maximum atomic E-state index is 13.1. The molecule has 21 heavy (non-hydrogen) atoms. The fourth-order valence-corrected chi connectivity index (χ4v) is 1.70. The fourth-order valence-electron chi connectivity index (χ4n) is 1.70. The number of carbonyl (C=O) groups is 1. The quantitative estimate of drug-likeness (QED) is 0.487. The van der Waals surface area contributed by atoms with Crippen molar-refractivity contribution in [2.45, 2.75) is 6.92 Å². The molecule has 5 nitrogen and oxygen atoms in total. The predicted octanol–water partition coefficient (Wildman–Crippen LogP) is 3.87. The number of ketones is 1. The first-order chi connectivity index (χ1) is 9.88. The molecule has 0 aliphatic rings. The van der Waals surface area contributed by atoms with Gasteiger partial charge in [-0.25, -0.2) is 8.78 Å². The third kappa shape index (κ3) is 3.19. The van der Waals surface area contributed by atoms with Crippen LogP contribution in [0.15, 0.2) is 36.4 Å². The Morgan fingerprint density at radius 3 is 2.24 bits per heavy atom. The summed E-state index contributed by atoms with van der Waals surface area (Å²) in [5, 5.41) is 10.9. The van der Waals surface area contributed by atoms with E-state index in [4.69, 9.17) is 4.74 Å². The first-order valence-electron chi connectivity index (χ1n) is 5.81. The lowest BCUT2D eigenvalue weighted by Gasteiger charge is -2.09. The molecule has 2 aromatic rings. The van der Waals surface area contributed by atoms with E-state index >= 15 is 0 Å². The number of nitrogens with zero attached hydrogens (tertiary/aromatic N) is 1. The van der Waals surface area contributed by atoms with Crippen molar-refractivity contribution in [1.29, 1.82) is 0 Å². The van der Waals surface area contributed by atoms with Crippen molar-refractivity contribution < 1.29 is 23.2 Å². The SMILES string of the molecule is CC(=O)c1cc(F)ccc1Oc1ccc(F)cc1[N+](=O)[O-]. The molecule has 7 heteroatoms. The van der Waals surface area contributed by atoms with Crippen LogP contribution in [0.3, 0.4) is 0 Å². The van der Waals surface area contributed by atoms with Gasteiger partial charge in [-0.15, -0.1) is 0 Å². The summed E-state index contributed by atoms with van der Waals surface area (Å²) in [5.74, 6) is -2.18. The van der Waals surface area contributed by atoms with Crippen LogP contribution in [-0.2, 0) is 0 Å². The second-order valence-electron chi connectivity index (χ2n) is 4.17. The van der Waals surface area contributed by atoms with Crippen LogP contribution in [0.25, 0.3) is 0 Å². The second-order valence-corrected chi connectivity index (χ2v) is 4.17. The Hall–Kier alpha value is -2.83. The number of hydrogen-bond donors (Lipinski definition) is 0. The summed E-state index contributed by atoms with van der Waals surface area (Å²) in [7, 11) is 0. The second kappa shape index (κ2) is 5.66. The molecule has 0 atom stereocenters. The van der Waals surface area contributed by atoms with Crippen LogP contribution in [0.1, 0.15) is 17.3 Å². The lowest BCUT2D eigenvalue weighted by Crippen LogP contribution is -2.00. The normalized spacial score (nSPS) is 10.2. The standard InChI is InChI=1S/C14H9F2NO4/c1-8(18)11-6-9(15)2-4-13(11)21-14-5-3-10(16)7-12(14)17(19)20/h2-7H,1H3. The molecule has 0 aliphatic heterocycles. The highest BCUT2D eigenvalue weighted by molar-refractivity contribution is 5.96. The van der Waals surface area contributed by atoms with Gasteiger partial charge < -0.3 is 4.74 Å². The number of hydrogen-bond acceptors (Lipinski definition) is 4. The van der Waals surface area contributed by atoms with Crippen molar-refractivity contribution in [3.63, 3.8) is 0 Å². The molecule has 0 amide bonds. The third-order valence-corrected chi connectivity index (χ3v) is 2.66. The molecule has 0 saturated heterocycles. The summed E-state index contributed by atoms with van der Waals surface area (Å²) in [6.45, 7) is 1.21. The van der Waals surface area contributed by atoms with Crippen LogP contribution in [0.5, 0.6) is 11.5 Å². The molecular weight excluding hydrogens is 284 g/mol. The van der Waals surface area contributed by atoms with Crippen LogP contribution in [-0.4, -0.2) is 10.7 Å². The first-order valence-corrected chi connectivity index (χ1v) is 5.81. The van der Waals surface area contributed by atoms with E-state index in [0.717, 1.165) is 24.3 Å². The van der Waals surface area contributed by atoms with Crippen LogP contribution in [0.4, 0.5) is 14.5 Å². The Bertz CT molecular complexity index is 669. The van der Waals surface area contributed by atoms with Gasteiger partial charge in [0.05, 0.1) is 16.6 Å². The smallest absolute Gasteiger partial charge is 0.314 e. The van der Waals surface area contributed by atoms with Crippen molar-refractivity contribution >= 4 is 11.5 Å². The van der Waals surface area contributed by atoms with E-state index in [1.807, 2.05) is 0 Å². The van der Waals surface area contributed by atoms with E-state index in [1.165, 1.54) is 13.0 Å². The Balaban J connectivity index is 2.48. The summed E-state index contributed by atoms with van der Waals surface area (Å²) in [6, 6.07) is 5.95. The predicted molar refractivity (Wildman–Crippen MR) is 69.5 cm³/mol. The molecule has 2 aromatic carbocycles. The first kappa shape index (κ1) is 14.6. The zero-order chi connectivity index (χ0) is 15.6. The number of ether oxygens (including phenoxy) is 1. The van der Waals surface area contributed by atoms with E-state index in [9.17, 15) is 23.7 Å². The van der Waals surface area contributed by atoms with E-state index in [1.54, 1.807) is 0 Å². The van der Waals surface area contributed by atoms with Gasteiger partial charge in [0.2, 0.25) is 5.75 Å². The summed E-state index contributed by atoms with van der Waals surface area (Å²) < 4.78 is 31.5. The lowest BCUT2D eigenvalue weighted by molar-refractivity contribution is -0.385. The van der Waals surface area contributed by atoms with Gasteiger partial charge in [0, 0.05) is 0 Å². The van der Waals surface area contributed by atoms with E-state index < -0.39 is 28.0 Å². The minimum absolute atomic E-state index is 0.0430. The highest BCUT2D eigenvalue weighted by Crippen LogP contribution is 2.33. The maximum absolute atomic E-state index is 13.1. The molecule has 2 rings (SSSR count). The van der Waals surface area contributed by atoms with Gasteiger partial charge >= 0.3 is 5.69 Å². The van der Waals surface area contributed by atoms with Crippen molar-refractivity contribution in [3.8, 4) is 11.5 Å². The summed E-state index contributed by atoms with van der Waals surface area (Å²) in [5.41, 5.74) is -0.651. The van der Waals surface area contributed by atoms with Crippen LogP contribution < -0.4 is 4.74 Å². The van der Waals surface area contributed by atoms with Crippen LogP contribution >= 0.6 is 0 Å².